The minimum Gasteiger partial charge on any atom is -0.392 e. The quantitative estimate of drug-likeness (QED) is 0.221. The summed E-state index contributed by atoms with van der Waals surface area (Å²) in [5.74, 6) is 0.0901. The standard InChI is InChI=1S/C38H42N4O6S/c1-27-34(24-41-22-20-38(21-23-41)37(44)39-26-42(38)32-8-4-2-5-9-32)47-36(48-35(27)29-14-12-28(25-43)13-15-29)30-16-18-31(19-17-30)40-49(45,46)33-10-6-3-7-11-33/h2-19,27,34-36,40,43H,20-26H2,1H3,(H,39,44)/t27-,34+,35+,36+/m0/s1. The molecule has 49 heavy (non-hydrogen) atoms. The van der Waals surface area contributed by atoms with E-state index in [1.54, 1.807) is 42.5 Å². The van der Waals surface area contributed by atoms with Gasteiger partial charge in [0.05, 0.1) is 30.4 Å². The highest BCUT2D eigenvalue weighted by Crippen LogP contribution is 2.43. The number of likely N-dealkylation sites (tertiary alicyclic amines) is 1. The normalized spacial score (nSPS) is 24.1. The third-order valence-electron chi connectivity index (χ3n) is 10.1. The highest BCUT2D eigenvalue weighted by atomic mass is 32.2. The molecule has 3 aliphatic heterocycles. The van der Waals surface area contributed by atoms with Gasteiger partial charge in [0.1, 0.15) is 5.54 Å². The van der Waals surface area contributed by atoms with E-state index in [4.69, 9.17) is 9.47 Å². The number of amides is 1. The van der Waals surface area contributed by atoms with Gasteiger partial charge in [0.2, 0.25) is 5.91 Å². The number of rotatable bonds is 9. The molecular formula is C38H42N4O6S. The largest absolute Gasteiger partial charge is 0.392 e. The van der Waals surface area contributed by atoms with Crippen LogP contribution in [-0.2, 0) is 30.9 Å². The Labute approximate surface area is 287 Å². The number of sulfonamides is 1. The van der Waals surface area contributed by atoms with Crippen molar-refractivity contribution < 1.29 is 27.8 Å². The van der Waals surface area contributed by atoms with Gasteiger partial charge in [-0.2, -0.15) is 0 Å². The van der Waals surface area contributed by atoms with Crippen molar-refractivity contribution in [1.29, 1.82) is 0 Å². The number of nitrogens with zero attached hydrogens (tertiary/aromatic N) is 2. The predicted molar refractivity (Wildman–Crippen MR) is 187 cm³/mol. The highest BCUT2D eigenvalue weighted by molar-refractivity contribution is 7.92. The lowest BCUT2D eigenvalue weighted by atomic mass is 9.84. The molecule has 3 N–H and O–H groups in total. The summed E-state index contributed by atoms with van der Waals surface area (Å²) in [5, 5.41) is 12.7. The maximum Gasteiger partial charge on any atom is 0.261 e. The highest BCUT2D eigenvalue weighted by Gasteiger charge is 2.51. The van der Waals surface area contributed by atoms with Gasteiger partial charge in [-0.15, -0.1) is 0 Å². The van der Waals surface area contributed by atoms with Crippen LogP contribution in [0.25, 0.3) is 0 Å². The summed E-state index contributed by atoms with van der Waals surface area (Å²) in [4.78, 5) is 18.0. The van der Waals surface area contributed by atoms with Crippen LogP contribution in [0.5, 0.6) is 0 Å². The van der Waals surface area contributed by atoms with E-state index in [1.165, 1.54) is 0 Å². The zero-order valence-electron chi connectivity index (χ0n) is 27.4. The molecule has 4 atom stereocenters. The van der Waals surface area contributed by atoms with Crippen LogP contribution in [0.15, 0.2) is 114 Å². The fraction of sp³-hybridized carbons (Fsp3) is 0.342. The van der Waals surface area contributed by atoms with Crippen molar-refractivity contribution in [3.8, 4) is 0 Å². The Morgan fingerprint density at radius 1 is 0.857 bits per heavy atom. The van der Waals surface area contributed by atoms with Gasteiger partial charge in [0.25, 0.3) is 10.0 Å². The number of piperidine rings is 1. The van der Waals surface area contributed by atoms with E-state index in [0.29, 0.717) is 31.7 Å². The molecule has 0 radical (unpaired) electrons. The molecule has 7 rings (SSSR count). The molecule has 3 aliphatic rings. The van der Waals surface area contributed by atoms with E-state index in [1.807, 2.05) is 54.6 Å². The molecule has 0 aromatic heterocycles. The fourth-order valence-electron chi connectivity index (χ4n) is 7.24. The Bertz CT molecular complexity index is 1830. The molecule has 3 heterocycles. The second-order valence-corrected chi connectivity index (χ2v) is 14.8. The van der Waals surface area contributed by atoms with Crippen LogP contribution in [-0.4, -0.2) is 62.3 Å². The Balaban J connectivity index is 1.08. The number of ether oxygens (including phenoxy) is 2. The molecule has 0 bridgehead atoms. The van der Waals surface area contributed by atoms with Crippen molar-refractivity contribution in [3.05, 3.63) is 126 Å². The Morgan fingerprint density at radius 2 is 1.49 bits per heavy atom. The molecule has 256 valence electrons. The minimum absolute atomic E-state index is 0.000310. The van der Waals surface area contributed by atoms with Gasteiger partial charge >= 0.3 is 0 Å². The average molecular weight is 683 g/mol. The van der Waals surface area contributed by atoms with Crippen molar-refractivity contribution in [3.63, 3.8) is 0 Å². The van der Waals surface area contributed by atoms with E-state index < -0.39 is 21.9 Å². The Hall–Kier alpha value is -4.26. The summed E-state index contributed by atoms with van der Waals surface area (Å²) in [6.07, 6.45) is 0.267. The van der Waals surface area contributed by atoms with Crippen LogP contribution in [0.2, 0.25) is 0 Å². The van der Waals surface area contributed by atoms with E-state index in [0.717, 1.165) is 35.5 Å². The molecular weight excluding hydrogens is 641 g/mol. The second kappa shape index (κ2) is 13.9. The van der Waals surface area contributed by atoms with Crippen LogP contribution >= 0.6 is 0 Å². The lowest BCUT2D eigenvalue weighted by Gasteiger charge is -2.46. The van der Waals surface area contributed by atoms with Gasteiger partial charge in [0.15, 0.2) is 6.29 Å². The molecule has 0 saturated carbocycles. The first-order chi connectivity index (χ1) is 23.8. The molecule has 10 nitrogen and oxygen atoms in total. The van der Waals surface area contributed by atoms with E-state index in [-0.39, 0.29) is 35.5 Å². The number of carbonyl (C=O) groups is 1. The van der Waals surface area contributed by atoms with Crippen molar-refractivity contribution in [2.75, 3.05) is 35.9 Å². The summed E-state index contributed by atoms with van der Waals surface area (Å²) in [6, 6.07) is 33.3. The molecule has 3 fully saturated rings. The van der Waals surface area contributed by atoms with Crippen molar-refractivity contribution in [2.24, 2.45) is 5.92 Å². The minimum atomic E-state index is -3.73. The van der Waals surface area contributed by atoms with Crippen LogP contribution in [0, 0.1) is 5.92 Å². The van der Waals surface area contributed by atoms with Crippen molar-refractivity contribution in [1.82, 2.24) is 10.2 Å². The smallest absolute Gasteiger partial charge is 0.261 e. The predicted octanol–water partition coefficient (Wildman–Crippen LogP) is 5.20. The average Bonchev–Trinajstić information content (AvgIpc) is 3.45. The number of aliphatic hydroxyl groups is 1. The third kappa shape index (κ3) is 6.82. The molecule has 1 spiro atoms. The van der Waals surface area contributed by atoms with Crippen LogP contribution in [0.4, 0.5) is 11.4 Å². The lowest BCUT2D eigenvalue weighted by molar-refractivity contribution is -0.276. The number of hydrogen-bond donors (Lipinski definition) is 3. The molecule has 4 aromatic rings. The zero-order chi connectivity index (χ0) is 34.0. The topological polar surface area (TPSA) is 120 Å². The Morgan fingerprint density at radius 3 is 2.14 bits per heavy atom. The Kier molecular flexibility index (Phi) is 9.45. The molecule has 4 aromatic carbocycles. The number of hydrogen-bond acceptors (Lipinski definition) is 8. The molecule has 11 heteroatoms. The second-order valence-electron chi connectivity index (χ2n) is 13.1. The number of benzene rings is 4. The lowest BCUT2D eigenvalue weighted by Crippen LogP contribution is -2.57. The number of para-hydroxylation sites is 1. The van der Waals surface area contributed by atoms with E-state index >= 15 is 0 Å². The van der Waals surface area contributed by atoms with Crippen LogP contribution < -0.4 is 14.9 Å². The van der Waals surface area contributed by atoms with Gasteiger partial charge in [-0.1, -0.05) is 79.7 Å². The molecule has 0 unspecified atom stereocenters. The first-order valence-corrected chi connectivity index (χ1v) is 18.3. The summed E-state index contributed by atoms with van der Waals surface area (Å²) >= 11 is 0. The maximum atomic E-state index is 13.2. The number of nitrogens with one attached hydrogen (secondary N) is 2. The van der Waals surface area contributed by atoms with Gasteiger partial charge < -0.3 is 29.7 Å². The van der Waals surface area contributed by atoms with Crippen molar-refractivity contribution in [2.45, 2.75) is 55.3 Å². The van der Waals surface area contributed by atoms with Crippen LogP contribution in [0.1, 0.15) is 48.8 Å². The molecule has 0 aliphatic carbocycles. The summed E-state index contributed by atoms with van der Waals surface area (Å²) in [5.41, 5.74) is 3.51. The van der Waals surface area contributed by atoms with Gasteiger partial charge in [-0.3, -0.25) is 9.52 Å². The zero-order valence-corrected chi connectivity index (χ0v) is 28.3. The number of anilines is 2. The van der Waals surface area contributed by atoms with Crippen molar-refractivity contribution >= 4 is 27.3 Å². The summed E-state index contributed by atoms with van der Waals surface area (Å²) in [7, 11) is -3.73. The molecule has 1 amide bonds. The van der Waals surface area contributed by atoms with E-state index in [2.05, 4.69) is 38.9 Å². The van der Waals surface area contributed by atoms with Gasteiger partial charge in [-0.25, -0.2) is 8.42 Å². The number of aliphatic hydroxyl groups excluding tert-OH is 1. The van der Waals surface area contributed by atoms with Gasteiger partial charge in [-0.05, 0) is 60.4 Å². The fourth-order valence-corrected chi connectivity index (χ4v) is 8.32. The summed E-state index contributed by atoms with van der Waals surface area (Å²) in [6.45, 7) is 4.78. The summed E-state index contributed by atoms with van der Waals surface area (Å²) < 4.78 is 41.7. The monoisotopic (exact) mass is 682 g/mol. The first kappa shape index (κ1) is 33.2. The van der Waals surface area contributed by atoms with E-state index in [9.17, 15) is 18.3 Å². The third-order valence-corrected chi connectivity index (χ3v) is 11.5. The SMILES string of the molecule is C[C@H]1[C@@H](CN2CCC3(CC2)C(=O)NCN3c2ccccc2)O[C@@H](c2ccc(NS(=O)(=O)c3ccccc3)cc2)O[C@H]1c1ccc(CO)cc1. The number of carbonyl (C=O) groups excluding carboxylic acids is 1. The molecule has 3 saturated heterocycles. The maximum absolute atomic E-state index is 13.2. The van der Waals surface area contributed by atoms with Crippen LogP contribution in [0.3, 0.4) is 0 Å². The van der Waals surface area contributed by atoms with Gasteiger partial charge in [0, 0.05) is 42.5 Å². The first-order valence-electron chi connectivity index (χ1n) is 16.8.